The summed E-state index contributed by atoms with van der Waals surface area (Å²) in [6.45, 7) is 6.11. The Morgan fingerprint density at radius 1 is 1.43 bits per heavy atom. The van der Waals surface area contributed by atoms with Gasteiger partial charge in [-0.05, 0) is 10.6 Å². The number of hydrogen-bond donors (Lipinski definition) is 0. The second kappa shape index (κ2) is 3.86. The molecule has 1 rings (SSSR count). The Bertz CT molecular complexity index is 324. The molecule has 0 amide bonds. The van der Waals surface area contributed by atoms with Gasteiger partial charge in [-0.2, -0.15) is 4.80 Å². The molecule has 0 unspecified atom stereocenters. The average molecular weight is 196 g/mol. The number of carbonyl (C=O) groups excluding carboxylic acids is 1. The molecule has 0 N–H and O–H groups in total. The van der Waals surface area contributed by atoms with Crippen LogP contribution in [0.2, 0.25) is 0 Å². The molecule has 0 fully saturated rings. The highest BCUT2D eigenvalue weighted by atomic mass is 16.1. The van der Waals surface area contributed by atoms with E-state index in [1.807, 2.05) is 20.8 Å². The molecule has 0 aliphatic heterocycles. The van der Waals surface area contributed by atoms with E-state index in [1.165, 1.54) is 4.80 Å². The van der Waals surface area contributed by atoms with Gasteiger partial charge in [0.25, 0.3) is 0 Å². The van der Waals surface area contributed by atoms with E-state index in [2.05, 4.69) is 15.4 Å². The zero-order chi connectivity index (χ0) is 10.8. The van der Waals surface area contributed by atoms with Crippen LogP contribution in [-0.2, 0) is 18.3 Å². The summed E-state index contributed by atoms with van der Waals surface area (Å²) in [6.07, 6.45) is 0.830. The number of rotatable bonds is 3. The quantitative estimate of drug-likeness (QED) is 0.716. The first-order valence-corrected chi connectivity index (χ1v) is 4.61. The lowest BCUT2D eigenvalue weighted by Crippen LogP contribution is -2.15. The monoisotopic (exact) mass is 196 g/mol. The van der Waals surface area contributed by atoms with Crippen molar-refractivity contribution in [2.45, 2.75) is 33.6 Å². The maximum Gasteiger partial charge on any atom is 0.182 e. The summed E-state index contributed by atoms with van der Waals surface area (Å²) in [4.78, 5) is 12.9. The first-order valence-electron chi connectivity index (χ1n) is 4.61. The number of aryl methyl sites for hydroxylation is 1. The van der Waals surface area contributed by atoms with Crippen LogP contribution in [0.25, 0.3) is 0 Å². The molecular formula is C9H16N4O. The topological polar surface area (TPSA) is 60.7 Å². The highest BCUT2D eigenvalue weighted by molar-refractivity contribution is 5.80. The van der Waals surface area contributed by atoms with Crippen molar-refractivity contribution in [3.63, 3.8) is 0 Å². The van der Waals surface area contributed by atoms with Gasteiger partial charge in [0, 0.05) is 6.42 Å². The molecule has 0 saturated carbocycles. The number of nitrogens with zero attached hydrogens (tertiary/aromatic N) is 4. The van der Waals surface area contributed by atoms with Crippen LogP contribution in [0, 0.1) is 5.41 Å². The fraction of sp³-hybridized carbons (Fsp3) is 0.778. The Morgan fingerprint density at radius 3 is 2.50 bits per heavy atom. The van der Waals surface area contributed by atoms with E-state index >= 15 is 0 Å². The summed E-state index contributed by atoms with van der Waals surface area (Å²) >= 11 is 0. The molecule has 0 saturated heterocycles. The molecule has 5 heteroatoms. The van der Waals surface area contributed by atoms with Crippen molar-refractivity contribution < 1.29 is 4.79 Å². The van der Waals surface area contributed by atoms with Crippen molar-refractivity contribution in [1.29, 1.82) is 0 Å². The normalized spacial score (nSPS) is 11.7. The van der Waals surface area contributed by atoms with Gasteiger partial charge in [-0.25, -0.2) is 0 Å². The lowest BCUT2D eigenvalue weighted by atomic mass is 9.89. The number of Topliss-reactive ketones (excluding diaryl/α,β-unsaturated/α-hetero) is 1. The summed E-state index contributed by atoms with van der Waals surface area (Å²) in [5, 5.41) is 11.4. The minimum Gasteiger partial charge on any atom is -0.299 e. The number of ketones is 1. The molecule has 1 heterocycles. The van der Waals surface area contributed by atoms with Gasteiger partial charge in [0.2, 0.25) is 0 Å². The second-order valence-corrected chi connectivity index (χ2v) is 4.65. The zero-order valence-electron chi connectivity index (χ0n) is 9.11. The van der Waals surface area contributed by atoms with Crippen LogP contribution in [-0.4, -0.2) is 26.0 Å². The molecule has 0 aromatic carbocycles. The van der Waals surface area contributed by atoms with Crippen molar-refractivity contribution >= 4 is 5.78 Å². The smallest absolute Gasteiger partial charge is 0.182 e. The predicted molar refractivity (Wildman–Crippen MR) is 51.6 cm³/mol. The lowest BCUT2D eigenvalue weighted by Gasteiger charge is -2.15. The van der Waals surface area contributed by atoms with Crippen LogP contribution in [0.15, 0.2) is 0 Å². The first kappa shape index (κ1) is 10.8. The van der Waals surface area contributed by atoms with Gasteiger partial charge >= 0.3 is 0 Å². The summed E-state index contributed by atoms with van der Waals surface area (Å²) in [5.41, 5.74) is 0.0271. The number of hydrogen-bond acceptors (Lipinski definition) is 4. The summed E-state index contributed by atoms with van der Waals surface area (Å²) in [7, 11) is 1.69. The summed E-state index contributed by atoms with van der Waals surface area (Å²) in [6, 6.07) is 0. The SMILES string of the molecule is Cn1nnc(CC(=O)CC(C)(C)C)n1. The van der Waals surface area contributed by atoms with Crippen LogP contribution in [0.1, 0.15) is 33.0 Å². The predicted octanol–water partition coefficient (Wildman–Crippen LogP) is 0.758. The molecule has 1 aromatic rings. The molecule has 78 valence electrons. The third kappa shape index (κ3) is 3.64. The molecule has 0 atom stereocenters. The van der Waals surface area contributed by atoms with Crippen molar-refractivity contribution in [3.8, 4) is 0 Å². The third-order valence-corrected chi connectivity index (χ3v) is 1.63. The Balaban J connectivity index is 2.50. The van der Waals surface area contributed by atoms with Gasteiger partial charge in [-0.1, -0.05) is 20.8 Å². The Morgan fingerprint density at radius 2 is 2.07 bits per heavy atom. The minimum atomic E-state index is 0.0271. The van der Waals surface area contributed by atoms with Crippen LogP contribution in [0.5, 0.6) is 0 Å². The zero-order valence-corrected chi connectivity index (χ0v) is 9.11. The van der Waals surface area contributed by atoms with Crippen LogP contribution in [0.3, 0.4) is 0 Å². The van der Waals surface area contributed by atoms with Crippen LogP contribution in [0.4, 0.5) is 0 Å². The molecule has 1 aromatic heterocycles. The van der Waals surface area contributed by atoms with Gasteiger partial charge in [0.15, 0.2) is 5.82 Å². The number of carbonyl (C=O) groups is 1. The molecular weight excluding hydrogens is 180 g/mol. The van der Waals surface area contributed by atoms with E-state index in [9.17, 15) is 4.79 Å². The van der Waals surface area contributed by atoms with E-state index in [0.29, 0.717) is 12.2 Å². The Kier molecular flexibility index (Phi) is 2.98. The van der Waals surface area contributed by atoms with Gasteiger partial charge in [0.05, 0.1) is 13.5 Å². The third-order valence-electron chi connectivity index (χ3n) is 1.63. The van der Waals surface area contributed by atoms with Crippen LogP contribution < -0.4 is 0 Å². The molecule has 14 heavy (non-hydrogen) atoms. The molecule has 0 bridgehead atoms. The Hall–Kier alpha value is -1.26. The van der Waals surface area contributed by atoms with E-state index in [0.717, 1.165) is 0 Å². The largest absolute Gasteiger partial charge is 0.299 e. The highest BCUT2D eigenvalue weighted by Crippen LogP contribution is 2.19. The first-order chi connectivity index (χ1) is 6.37. The molecule has 0 radical (unpaired) electrons. The number of tetrazole rings is 1. The molecule has 5 nitrogen and oxygen atoms in total. The average Bonchev–Trinajstić information content (AvgIpc) is 2.30. The summed E-state index contributed by atoms with van der Waals surface area (Å²) < 4.78 is 0. The molecule has 0 aliphatic rings. The van der Waals surface area contributed by atoms with Gasteiger partial charge in [-0.3, -0.25) is 4.79 Å². The number of aromatic nitrogens is 4. The summed E-state index contributed by atoms with van der Waals surface area (Å²) in [5.74, 6) is 0.659. The standard InChI is InChI=1S/C9H16N4O/c1-9(2,3)6-7(14)5-8-10-12-13(4)11-8/h5-6H2,1-4H3. The second-order valence-electron chi connectivity index (χ2n) is 4.65. The van der Waals surface area contributed by atoms with E-state index in [4.69, 9.17) is 0 Å². The fourth-order valence-corrected chi connectivity index (χ4v) is 1.22. The van der Waals surface area contributed by atoms with Crippen LogP contribution >= 0.6 is 0 Å². The maximum absolute atomic E-state index is 11.5. The van der Waals surface area contributed by atoms with E-state index < -0.39 is 0 Å². The highest BCUT2D eigenvalue weighted by Gasteiger charge is 2.17. The van der Waals surface area contributed by atoms with Crippen molar-refractivity contribution in [2.75, 3.05) is 0 Å². The molecule has 0 aliphatic carbocycles. The van der Waals surface area contributed by atoms with Gasteiger partial charge < -0.3 is 0 Å². The molecule has 0 spiro atoms. The minimum absolute atomic E-state index is 0.0271. The fourth-order valence-electron chi connectivity index (χ4n) is 1.22. The van der Waals surface area contributed by atoms with Gasteiger partial charge in [-0.15, -0.1) is 10.2 Å². The Labute approximate surface area is 83.5 Å². The van der Waals surface area contributed by atoms with E-state index in [-0.39, 0.29) is 17.6 Å². The van der Waals surface area contributed by atoms with E-state index in [1.54, 1.807) is 7.05 Å². The van der Waals surface area contributed by atoms with Crippen molar-refractivity contribution in [3.05, 3.63) is 5.82 Å². The lowest BCUT2D eigenvalue weighted by molar-refractivity contribution is -0.120. The van der Waals surface area contributed by atoms with Gasteiger partial charge in [0.1, 0.15) is 5.78 Å². The van der Waals surface area contributed by atoms with Crippen molar-refractivity contribution in [2.24, 2.45) is 12.5 Å². The van der Waals surface area contributed by atoms with Crippen molar-refractivity contribution in [1.82, 2.24) is 20.2 Å². The maximum atomic E-state index is 11.5.